The quantitative estimate of drug-likeness (QED) is 0.133. The van der Waals surface area contributed by atoms with Crippen molar-refractivity contribution in [2.45, 2.75) is 96.9 Å². The average Bonchev–Trinajstić information content (AvgIpc) is 2.76. The van der Waals surface area contributed by atoms with Gasteiger partial charge in [0.25, 0.3) is 0 Å². The predicted octanol–water partition coefficient (Wildman–Crippen LogP) is 2.74. The topological polar surface area (TPSA) is 158 Å². The molecule has 0 aliphatic carbocycles. The maximum absolute atomic E-state index is 12.7. The van der Waals surface area contributed by atoms with Gasteiger partial charge in [0.05, 0.1) is 7.11 Å². The summed E-state index contributed by atoms with van der Waals surface area (Å²) in [5.41, 5.74) is -1.52. The second-order valence-corrected chi connectivity index (χ2v) is 10.2. The number of hydrogen-bond donors (Lipinski definition) is 3. The molecule has 0 saturated carbocycles. The minimum Gasteiger partial charge on any atom is -0.467 e. The number of amides is 3. The van der Waals surface area contributed by atoms with Crippen LogP contribution in [0.2, 0.25) is 0 Å². The monoisotopic (exact) mass is 529 g/mol. The second-order valence-electron chi connectivity index (χ2n) is 10.2. The van der Waals surface area contributed by atoms with Crippen molar-refractivity contribution in [1.29, 1.82) is 0 Å². The number of alkyl carbamates (subject to hydrolysis) is 1. The Bertz CT molecular complexity index is 785. The summed E-state index contributed by atoms with van der Waals surface area (Å²) < 4.78 is 20.2. The standard InChI is InChI=1S/C25H43N3O9/c1-9-16-35-23(33)26-15-11-10-12-17(20(30)34-8)27-22(32)28-18(21(31)37-25(5,6)7)13-14-19(29)36-24(2,3)4/h9,17-18H,1,10-16H2,2-8H3,(H,26,33)(H2,27,28,32)/t17-,18-/m0/s1. The van der Waals surface area contributed by atoms with Crippen molar-refractivity contribution in [2.75, 3.05) is 20.3 Å². The summed E-state index contributed by atoms with van der Waals surface area (Å²) >= 11 is 0. The Morgan fingerprint density at radius 3 is 1.92 bits per heavy atom. The smallest absolute Gasteiger partial charge is 0.407 e. The molecule has 0 rings (SSSR count). The SMILES string of the molecule is C=CCOC(=O)NCCCC[C@H](NC(=O)N[C@@H](CCC(=O)OC(C)(C)C)C(=O)OC(C)(C)C)C(=O)OC. The first kappa shape index (κ1) is 33.7. The molecule has 0 heterocycles. The highest BCUT2D eigenvalue weighted by Gasteiger charge is 2.30. The van der Waals surface area contributed by atoms with Gasteiger partial charge in [-0.25, -0.2) is 19.2 Å². The van der Waals surface area contributed by atoms with Crippen LogP contribution < -0.4 is 16.0 Å². The van der Waals surface area contributed by atoms with Gasteiger partial charge >= 0.3 is 30.0 Å². The van der Waals surface area contributed by atoms with Crippen LogP contribution in [0.15, 0.2) is 12.7 Å². The third-order valence-electron chi connectivity index (χ3n) is 4.37. The first-order valence-electron chi connectivity index (χ1n) is 12.2. The van der Waals surface area contributed by atoms with Crippen molar-refractivity contribution in [2.24, 2.45) is 0 Å². The van der Waals surface area contributed by atoms with Crippen LogP contribution >= 0.6 is 0 Å². The maximum Gasteiger partial charge on any atom is 0.407 e. The number of methoxy groups -OCH3 is 1. The van der Waals surface area contributed by atoms with Gasteiger partial charge in [0, 0.05) is 13.0 Å². The minimum atomic E-state index is -1.16. The molecule has 3 amide bonds. The number of ether oxygens (including phenoxy) is 4. The number of unbranched alkanes of at least 4 members (excludes halogenated alkanes) is 1. The van der Waals surface area contributed by atoms with Crippen LogP contribution in [0.3, 0.4) is 0 Å². The number of hydrogen-bond acceptors (Lipinski definition) is 9. The van der Waals surface area contributed by atoms with Crippen molar-refractivity contribution < 1.29 is 42.9 Å². The summed E-state index contributed by atoms with van der Waals surface area (Å²) in [6, 6.07) is -2.96. The Morgan fingerprint density at radius 2 is 1.41 bits per heavy atom. The van der Waals surface area contributed by atoms with Gasteiger partial charge in [-0.2, -0.15) is 0 Å². The van der Waals surface area contributed by atoms with Crippen LogP contribution in [0.25, 0.3) is 0 Å². The fourth-order valence-corrected chi connectivity index (χ4v) is 2.88. The highest BCUT2D eigenvalue weighted by molar-refractivity contribution is 5.87. The molecule has 3 N–H and O–H groups in total. The largest absolute Gasteiger partial charge is 0.467 e. The molecule has 12 heteroatoms. The summed E-state index contributed by atoms with van der Waals surface area (Å²) in [6.07, 6.45) is 1.87. The van der Waals surface area contributed by atoms with Gasteiger partial charge in [-0.15, -0.1) is 0 Å². The van der Waals surface area contributed by atoms with E-state index < -0.39 is 53.3 Å². The summed E-state index contributed by atoms with van der Waals surface area (Å²) in [5, 5.41) is 7.53. The molecule has 0 fully saturated rings. The van der Waals surface area contributed by atoms with Gasteiger partial charge in [-0.3, -0.25) is 4.79 Å². The van der Waals surface area contributed by atoms with E-state index in [9.17, 15) is 24.0 Å². The van der Waals surface area contributed by atoms with Crippen LogP contribution in [0.4, 0.5) is 9.59 Å². The van der Waals surface area contributed by atoms with Crippen LogP contribution in [-0.4, -0.2) is 73.6 Å². The van der Waals surface area contributed by atoms with Crippen molar-refractivity contribution in [3.05, 3.63) is 12.7 Å². The van der Waals surface area contributed by atoms with Gasteiger partial charge in [-0.1, -0.05) is 12.7 Å². The summed E-state index contributed by atoms with van der Waals surface area (Å²) in [6.45, 7) is 14.0. The van der Waals surface area contributed by atoms with Crippen LogP contribution in [-0.2, 0) is 33.3 Å². The Hall–Kier alpha value is -3.31. The lowest BCUT2D eigenvalue weighted by Gasteiger charge is -2.26. The molecule has 0 bridgehead atoms. The second kappa shape index (κ2) is 16.4. The highest BCUT2D eigenvalue weighted by atomic mass is 16.6. The molecule has 0 spiro atoms. The molecule has 0 aromatic rings. The zero-order chi connectivity index (χ0) is 28.6. The fraction of sp³-hybridized carbons (Fsp3) is 0.720. The molecule has 0 radical (unpaired) electrons. The molecule has 0 aliphatic rings. The van der Waals surface area contributed by atoms with E-state index >= 15 is 0 Å². The van der Waals surface area contributed by atoms with E-state index in [0.717, 1.165) is 0 Å². The Morgan fingerprint density at radius 1 is 0.838 bits per heavy atom. The van der Waals surface area contributed by atoms with Crippen molar-refractivity contribution in [3.63, 3.8) is 0 Å². The highest BCUT2D eigenvalue weighted by Crippen LogP contribution is 2.14. The molecule has 0 aromatic carbocycles. The maximum atomic E-state index is 12.7. The van der Waals surface area contributed by atoms with Crippen LogP contribution in [0, 0.1) is 0 Å². The summed E-state index contributed by atoms with van der Waals surface area (Å²) in [5.74, 6) is -1.93. The first-order valence-corrected chi connectivity index (χ1v) is 12.2. The molecule has 0 saturated heterocycles. The number of rotatable bonds is 14. The summed E-state index contributed by atoms with van der Waals surface area (Å²) in [7, 11) is 1.19. The molecule has 12 nitrogen and oxygen atoms in total. The predicted molar refractivity (Wildman–Crippen MR) is 136 cm³/mol. The Kier molecular flexibility index (Phi) is 15.0. The van der Waals surface area contributed by atoms with E-state index in [1.54, 1.807) is 41.5 Å². The number of carbonyl (C=O) groups excluding carboxylic acids is 5. The minimum absolute atomic E-state index is 0.0617. The molecule has 2 atom stereocenters. The van der Waals surface area contributed by atoms with Crippen molar-refractivity contribution in [3.8, 4) is 0 Å². The van der Waals surface area contributed by atoms with E-state index in [1.807, 2.05) is 0 Å². The molecular formula is C25H43N3O9. The molecule has 37 heavy (non-hydrogen) atoms. The van der Waals surface area contributed by atoms with Gasteiger partial charge < -0.3 is 34.9 Å². The Balaban J connectivity index is 5.04. The van der Waals surface area contributed by atoms with Gasteiger partial charge in [0.15, 0.2) is 0 Å². The molecule has 0 unspecified atom stereocenters. The van der Waals surface area contributed by atoms with Gasteiger partial charge in [0.2, 0.25) is 0 Å². The van der Waals surface area contributed by atoms with Crippen molar-refractivity contribution >= 4 is 30.0 Å². The summed E-state index contributed by atoms with van der Waals surface area (Å²) in [4.78, 5) is 61.1. The lowest BCUT2D eigenvalue weighted by Crippen LogP contribution is -2.52. The van der Waals surface area contributed by atoms with E-state index in [1.165, 1.54) is 13.2 Å². The van der Waals surface area contributed by atoms with Crippen molar-refractivity contribution in [1.82, 2.24) is 16.0 Å². The zero-order valence-corrected chi connectivity index (χ0v) is 23.1. The average molecular weight is 530 g/mol. The normalized spacial score (nSPS) is 12.8. The Labute approximate surface area is 219 Å². The third-order valence-corrected chi connectivity index (χ3v) is 4.37. The van der Waals surface area contributed by atoms with Gasteiger partial charge in [0.1, 0.15) is 29.9 Å². The fourth-order valence-electron chi connectivity index (χ4n) is 2.88. The number of carbonyl (C=O) groups is 5. The lowest BCUT2D eigenvalue weighted by molar-refractivity contribution is -0.158. The van der Waals surface area contributed by atoms with E-state index in [0.29, 0.717) is 19.4 Å². The van der Waals surface area contributed by atoms with Crippen LogP contribution in [0.1, 0.15) is 73.6 Å². The molecule has 0 aliphatic heterocycles. The zero-order valence-electron chi connectivity index (χ0n) is 23.1. The van der Waals surface area contributed by atoms with E-state index in [-0.39, 0.29) is 25.9 Å². The third kappa shape index (κ3) is 17.7. The van der Waals surface area contributed by atoms with E-state index in [4.69, 9.17) is 18.9 Å². The van der Waals surface area contributed by atoms with Gasteiger partial charge in [-0.05, 0) is 67.2 Å². The number of urea groups is 1. The first-order chi connectivity index (χ1) is 17.1. The van der Waals surface area contributed by atoms with E-state index in [2.05, 4.69) is 22.5 Å². The van der Waals surface area contributed by atoms with Crippen LogP contribution in [0.5, 0.6) is 0 Å². The molecule has 212 valence electrons. The number of nitrogens with one attached hydrogen (secondary N) is 3. The molecule has 0 aromatic heterocycles. The lowest BCUT2D eigenvalue weighted by atomic mass is 10.1. The number of esters is 3. The molecular weight excluding hydrogens is 486 g/mol.